The maximum Gasteiger partial charge on any atom is 0.0885 e. The molecule has 0 saturated heterocycles. The van der Waals surface area contributed by atoms with Crippen molar-refractivity contribution < 1.29 is 0 Å². The molecule has 0 aliphatic carbocycles. The van der Waals surface area contributed by atoms with E-state index in [9.17, 15) is 0 Å². The van der Waals surface area contributed by atoms with Crippen LogP contribution in [0.25, 0.3) is 0 Å². The Kier molecular flexibility index (Phi) is 2.06. The number of hydrogen-bond acceptors (Lipinski definition) is 2. The molecule has 0 radical (unpaired) electrons. The van der Waals surface area contributed by atoms with Crippen molar-refractivity contribution >= 4 is 11.6 Å². The molecule has 0 aromatic rings. The van der Waals surface area contributed by atoms with E-state index in [1.54, 1.807) is 12.4 Å². The molecule has 2 nitrogen and oxygen atoms in total. The van der Waals surface area contributed by atoms with Crippen LogP contribution in [0.2, 0.25) is 0 Å². The van der Waals surface area contributed by atoms with E-state index in [0.29, 0.717) is 0 Å². The average Bonchev–Trinajstić information content (AvgIpc) is 2.10. The molecule has 0 N–H and O–H groups in total. The van der Waals surface area contributed by atoms with Crippen molar-refractivity contribution in [3.8, 4) is 0 Å². The Balaban J connectivity index is 2.93. The standard InChI is InChI=1S/C9H12N2/c1-9(2,3)8-4-5-10-6-7-11-8/h4-5,7H,1-3H3. The lowest BCUT2D eigenvalue weighted by molar-refractivity contribution is 0.594. The first-order valence-electron chi connectivity index (χ1n) is 3.62. The molecule has 1 heterocycles. The highest BCUT2D eigenvalue weighted by atomic mass is 14.8. The largest absolute Gasteiger partial charge is 0.251 e. The second-order valence-corrected chi connectivity index (χ2v) is 3.47. The van der Waals surface area contributed by atoms with Gasteiger partial charge in [0, 0.05) is 23.2 Å². The molecule has 0 bridgehead atoms. The smallest absolute Gasteiger partial charge is 0.0885 e. The Hall–Kier alpha value is -1.14. The summed E-state index contributed by atoms with van der Waals surface area (Å²) < 4.78 is 0. The summed E-state index contributed by atoms with van der Waals surface area (Å²) in [6.45, 7) is 6.36. The number of allylic oxidation sites excluding steroid dienone is 1. The zero-order valence-electron chi connectivity index (χ0n) is 7.13. The van der Waals surface area contributed by atoms with Gasteiger partial charge in [0.1, 0.15) is 0 Å². The molecule has 0 saturated carbocycles. The molecule has 0 aromatic heterocycles. The zero-order valence-corrected chi connectivity index (χ0v) is 7.13. The summed E-state index contributed by atoms with van der Waals surface area (Å²) in [5, 5.41) is 0. The predicted octanol–water partition coefficient (Wildman–Crippen LogP) is 2.18. The Labute approximate surface area is 67.1 Å². The van der Waals surface area contributed by atoms with Gasteiger partial charge in [-0.3, -0.25) is 4.99 Å². The number of hydrogen-bond donors (Lipinski definition) is 0. The van der Waals surface area contributed by atoms with Crippen molar-refractivity contribution in [2.45, 2.75) is 20.8 Å². The van der Waals surface area contributed by atoms with Gasteiger partial charge in [0.05, 0.1) is 6.20 Å². The van der Waals surface area contributed by atoms with Crippen LogP contribution in [0.5, 0.6) is 0 Å². The molecule has 0 amide bonds. The molecule has 1 aliphatic rings. The molecule has 0 spiro atoms. The van der Waals surface area contributed by atoms with E-state index in [0.717, 1.165) is 5.71 Å². The van der Waals surface area contributed by atoms with Crippen LogP contribution in [0.15, 0.2) is 28.5 Å². The molecule has 11 heavy (non-hydrogen) atoms. The van der Waals surface area contributed by atoms with Crippen LogP contribution in [0.4, 0.5) is 0 Å². The monoisotopic (exact) mass is 148 g/mol. The van der Waals surface area contributed by atoms with E-state index in [1.807, 2.05) is 6.08 Å². The number of aliphatic imine (C=N–C) groups is 2. The van der Waals surface area contributed by atoms with Crippen molar-refractivity contribution in [2.24, 2.45) is 15.4 Å². The van der Waals surface area contributed by atoms with E-state index in [4.69, 9.17) is 0 Å². The van der Waals surface area contributed by atoms with E-state index >= 15 is 0 Å². The van der Waals surface area contributed by atoms with Crippen LogP contribution in [-0.2, 0) is 0 Å². The maximum absolute atomic E-state index is 4.19. The minimum absolute atomic E-state index is 0.0918. The first kappa shape index (κ1) is 7.96. The topological polar surface area (TPSA) is 24.7 Å². The van der Waals surface area contributed by atoms with Gasteiger partial charge in [0.15, 0.2) is 0 Å². The van der Waals surface area contributed by atoms with Crippen LogP contribution in [0, 0.1) is 5.41 Å². The first-order valence-corrected chi connectivity index (χ1v) is 3.62. The SMILES string of the molecule is CC(C)(C)C1=NC=C=NC=C1. The van der Waals surface area contributed by atoms with Crippen LogP contribution >= 0.6 is 0 Å². The second-order valence-electron chi connectivity index (χ2n) is 3.47. The highest BCUT2D eigenvalue weighted by Gasteiger charge is 2.15. The van der Waals surface area contributed by atoms with Crippen LogP contribution in [0.1, 0.15) is 20.8 Å². The quantitative estimate of drug-likeness (QED) is 0.503. The lowest BCUT2D eigenvalue weighted by atomic mass is 9.90. The van der Waals surface area contributed by atoms with Gasteiger partial charge in [-0.05, 0) is 6.08 Å². The molecule has 58 valence electrons. The minimum atomic E-state index is 0.0918. The van der Waals surface area contributed by atoms with Gasteiger partial charge in [0.25, 0.3) is 0 Å². The lowest BCUT2D eigenvalue weighted by Crippen LogP contribution is -2.17. The van der Waals surface area contributed by atoms with E-state index in [-0.39, 0.29) is 5.41 Å². The molecule has 0 fully saturated rings. The van der Waals surface area contributed by atoms with E-state index < -0.39 is 0 Å². The van der Waals surface area contributed by atoms with E-state index in [2.05, 4.69) is 36.6 Å². The van der Waals surface area contributed by atoms with Crippen molar-refractivity contribution in [3.05, 3.63) is 18.5 Å². The normalized spacial score (nSPS) is 16.5. The fourth-order valence-corrected chi connectivity index (χ4v) is 0.769. The van der Waals surface area contributed by atoms with Gasteiger partial charge >= 0.3 is 0 Å². The third-order valence-electron chi connectivity index (χ3n) is 1.41. The van der Waals surface area contributed by atoms with Gasteiger partial charge in [-0.1, -0.05) is 20.8 Å². The summed E-state index contributed by atoms with van der Waals surface area (Å²) in [6.07, 6.45) is 5.23. The van der Waals surface area contributed by atoms with Crippen LogP contribution in [0.3, 0.4) is 0 Å². The third-order valence-corrected chi connectivity index (χ3v) is 1.41. The summed E-state index contributed by atoms with van der Waals surface area (Å²) in [4.78, 5) is 8.03. The zero-order chi connectivity index (χ0) is 8.32. The van der Waals surface area contributed by atoms with E-state index in [1.165, 1.54) is 0 Å². The average molecular weight is 148 g/mol. The molecular formula is C9H12N2. The Morgan fingerprint density at radius 3 is 2.73 bits per heavy atom. The Morgan fingerprint density at radius 2 is 2.09 bits per heavy atom. The number of rotatable bonds is 0. The summed E-state index contributed by atoms with van der Waals surface area (Å²) in [7, 11) is 0. The van der Waals surface area contributed by atoms with Gasteiger partial charge in [-0.15, -0.1) is 0 Å². The second kappa shape index (κ2) is 2.85. The van der Waals surface area contributed by atoms with Crippen molar-refractivity contribution in [1.82, 2.24) is 0 Å². The molecular weight excluding hydrogens is 136 g/mol. The van der Waals surface area contributed by atoms with Gasteiger partial charge in [0.2, 0.25) is 0 Å². The molecule has 2 heteroatoms. The Morgan fingerprint density at radius 1 is 1.36 bits per heavy atom. The van der Waals surface area contributed by atoms with Crippen LogP contribution < -0.4 is 0 Å². The number of nitrogens with zero attached hydrogens (tertiary/aromatic N) is 2. The van der Waals surface area contributed by atoms with Crippen LogP contribution in [-0.4, -0.2) is 11.6 Å². The molecule has 0 aromatic carbocycles. The van der Waals surface area contributed by atoms with Gasteiger partial charge < -0.3 is 0 Å². The van der Waals surface area contributed by atoms with Crippen molar-refractivity contribution in [3.63, 3.8) is 0 Å². The molecule has 1 rings (SSSR count). The highest BCUT2D eigenvalue weighted by molar-refractivity contribution is 6.00. The fourth-order valence-electron chi connectivity index (χ4n) is 0.769. The molecule has 0 atom stereocenters. The summed E-state index contributed by atoms with van der Waals surface area (Å²) in [5.41, 5.74) is 1.13. The minimum Gasteiger partial charge on any atom is -0.251 e. The summed E-state index contributed by atoms with van der Waals surface area (Å²) in [5.74, 6) is 2.68. The van der Waals surface area contributed by atoms with Crippen molar-refractivity contribution in [2.75, 3.05) is 0 Å². The third kappa shape index (κ3) is 2.17. The lowest BCUT2D eigenvalue weighted by Gasteiger charge is -2.17. The summed E-state index contributed by atoms with van der Waals surface area (Å²) in [6, 6.07) is 0. The molecule has 0 unspecified atom stereocenters. The predicted molar refractivity (Wildman–Crippen MR) is 48.0 cm³/mol. The highest BCUT2D eigenvalue weighted by Crippen LogP contribution is 2.17. The molecule has 1 aliphatic heterocycles. The maximum atomic E-state index is 4.19. The fraction of sp³-hybridized carbons (Fsp3) is 0.444. The van der Waals surface area contributed by atoms with Gasteiger partial charge in [-0.2, -0.15) is 0 Å². The Bertz CT molecular complexity index is 258. The summed E-state index contributed by atoms with van der Waals surface area (Å²) >= 11 is 0. The first-order chi connectivity index (χ1) is 5.11. The van der Waals surface area contributed by atoms with Crippen molar-refractivity contribution in [1.29, 1.82) is 0 Å². The van der Waals surface area contributed by atoms with Gasteiger partial charge in [-0.25, -0.2) is 4.99 Å².